The number of rotatable bonds is 5. The van der Waals surface area contributed by atoms with Gasteiger partial charge in [0.2, 0.25) is 5.91 Å². The average Bonchev–Trinajstić information content (AvgIpc) is 2.99. The van der Waals surface area contributed by atoms with Gasteiger partial charge in [-0.1, -0.05) is 35.9 Å². The number of anilines is 1. The fourth-order valence-electron chi connectivity index (χ4n) is 3.31. The molecule has 0 saturated heterocycles. The number of nitrogens with one attached hydrogen (secondary N) is 1. The Morgan fingerprint density at radius 3 is 2.52 bits per heavy atom. The van der Waals surface area contributed by atoms with Gasteiger partial charge in [0.1, 0.15) is 11.6 Å². The van der Waals surface area contributed by atoms with Crippen molar-refractivity contribution in [3.05, 3.63) is 82.6 Å². The van der Waals surface area contributed by atoms with Crippen LogP contribution in [-0.4, -0.2) is 29.5 Å². The molecule has 8 heteroatoms. The van der Waals surface area contributed by atoms with E-state index in [1.807, 2.05) is 31.2 Å². The molecular formula is C25H21ClFN3O2S. The van der Waals surface area contributed by atoms with Gasteiger partial charge in [0.25, 0.3) is 0 Å². The van der Waals surface area contributed by atoms with Crippen molar-refractivity contribution in [1.82, 2.24) is 0 Å². The monoisotopic (exact) mass is 481 g/mol. The molecule has 0 saturated carbocycles. The Labute approximate surface area is 200 Å². The SMILES string of the molecule is COc1cc(Cl)c(C)cc1NC(=O)CSC1=Nc2ccccc2N=C(c2ccc(F)cc2)C1. The van der Waals surface area contributed by atoms with Crippen LogP contribution in [0.2, 0.25) is 5.02 Å². The molecule has 0 fully saturated rings. The second kappa shape index (κ2) is 10.2. The van der Waals surface area contributed by atoms with Crippen LogP contribution in [0, 0.1) is 12.7 Å². The summed E-state index contributed by atoms with van der Waals surface area (Å²) in [5.74, 6) is 0.153. The average molecular weight is 482 g/mol. The number of para-hydroxylation sites is 2. The van der Waals surface area contributed by atoms with E-state index in [9.17, 15) is 9.18 Å². The molecule has 5 nitrogen and oxygen atoms in total. The van der Waals surface area contributed by atoms with Gasteiger partial charge in [0.15, 0.2) is 0 Å². The minimum Gasteiger partial charge on any atom is -0.495 e. The number of carbonyl (C=O) groups excluding carboxylic acids is 1. The lowest BCUT2D eigenvalue weighted by Gasteiger charge is -2.12. The van der Waals surface area contributed by atoms with Crippen LogP contribution < -0.4 is 10.1 Å². The number of halogens is 2. The van der Waals surface area contributed by atoms with Crippen LogP contribution >= 0.6 is 23.4 Å². The van der Waals surface area contributed by atoms with E-state index in [4.69, 9.17) is 26.3 Å². The van der Waals surface area contributed by atoms with Crippen molar-refractivity contribution in [1.29, 1.82) is 0 Å². The van der Waals surface area contributed by atoms with Gasteiger partial charge in [0, 0.05) is 17.5 Å². The van der Waals surface area contributed by atoms with Crippen LogP contribution in [0.4, 0.5) is 21.5 Å². The summed E-state index contributed by atoms with van der Waals surface area (Å²) in [6, 6.07) is 17.2. The van der Waals surface area contributed by atoms with E-state index in [1.165, 1.54) is 31.0 Å². The molecule has 0 bridgehead atoms. The van der Waals surface area contributed by atoms with Gasteiger partial charge in [0.05, 0.1) is 40.7 Å². The van der Waals surface area contributed by atoms with Crippen LogP contribution in [0.3, 0.4) is 0 Å². The zero-order valence-electron chi connectivity index (χ0n) is 18.1. The molecule has 1 heterocycles. The zero-order valence-corrected chi connectivity index (χ0v) is 19.6. The van der Waals surface area contributed by atoms with Gasteiger partial charge in [-0.05, 0) is 48.4 Å². The van der Waals surface area contributed by atoms with Gasteiger partial charge >= 0.3 is 0 Å². The number of fused-ring (bicyclic) bond motifs is 1. The second-order valence-electron chi connectivity index (χ2n) is 7.37. The summed E-state index contributed by atoms with van der Waals surface area (Å²) in [6.45, 7) is 1.86. The Kier molecular flexibility index (Phi) is 7.11. The lowest BCUT2D eigenvalue weighted by atomic mass is 10.1. The van der Waals surface area contributed by atoms with Crippen LogP contribution in [0.25, 0.3) is 0 Å². The maximum absolute atomic E-state index is 13.4. The lowest BCUT2D eigenvalue weighted by Crippen LogP contribution is -2.17. The first-order valence-corrected chi connectivity index (χ1v) is 11.6. The first-order valence-electron chi connectivity index (χ1n) is 10.2. The highest BCUT2D eigenvalue weighted by Crippen LogP contribution is 2.34. The van der Waals surface area contributed by atoms with Gasteiger partial charge in [-0.3, -0.25) is 9.79 Å². The van der Waals surface area contributed by atoms with Crippen molar-refractivity contribution in [3.8, 4) is 5.75 Å². The number of methoxy groups -OCH3 is 1. The molecular weight excluding hydrogens is 461 g/mol. The standard InChI is InChI=1S/C25H21ClFN3O2S/c1-15-11-22(23(32-2)12-18(15)26)29-24(31)14-33-25-13-21(16-7-9-17(27)10-8-16)28-19-5-3-4-6-20(19)30-25/h3-12H,13-14H2,1-2H3,(H,29,31). The van der Waals surface area contributed by atoms with Crippen LogP contribution in [0.15, 0.2) is 70.6 Å². The normalized spacial score (nSPS) is 12.8. The summed E-state index contributed by atoms with van der Waals surface area (Å²) in [4.78, 5) is 22.2. The molecule has 1 N–H and O–H groups in total. The first kappa shape index (κ1) is 23.0. The molecule has 4 rings (SSSR count). The smallest absolute Gasteiger partial charge is 0.234 e. The number of ether oxygens (including phenoxy) is 1. The predicted octanol–water partition coefficient (Wildman–Crippen LogP) is 6.72. The molecule has 1 aliphatic rings. The number of aryl methyl sites for hydroxylation is 1. The Bertz CT molecular complexity index is 1260. The highest BCUT2D eigenvalue weighted by atomic mass is 35.5. The van der Waals surface area contributed by atoms with Gasteiger partial charge in [-0.15, -0.1) is 11.8 Å². The third-order valence-corrected chi connectivity index (χ3v) is 6.39. The number of benzene rings is 3. The quantitative estimate of drug-likeness (QED) is 0.439. The Morgan fingerprint density at radius 1 is 1.12 bits per heavy atom. The molecule has 168 valence electrons. The highest BCUT2D eigenvalue weighted by Gasteiger charge is 2.17. The van der Waals surface area contributed by atoms with Crippen molar-refractivity contribution < 1.29 is 13.9 Å². The summed E-state index contributed by atoms with van der Waals surface area (Å²) >= 11 is 7.49. The van der Waals surface area contributed by atoms with Crippen molar-refractivity contribution >= 4 is 57.1 Å². The molecule has 0 atom stereocenters. The van der Waals surface area contributed by atoms with Crippen molar-refractivity contribution in [2.75, 3.05) is 18.2 Å². The topological polar surface area (TPSA) is 63.0 Å². The Hall–Kier alpha value is -3.16. The minimum atomic E-state index is -0.304. The zero-order chi connectivity index (χ0) is 23.4. The number of amides is 1. The Morgan fingerprint density at radius 2 is 1.82 bits per heavy atom. The van der Waals surface area contributed by atoms with E-state index >= 15 is 0 Å². The summed E-state index contributed by atoms with van der Waals surface area (Å²) in [6.07, 6.45) is 0.432. The minimum absolute atomic E-state index is 0.155. The molecule has 1 amide bonds. The summed E-state index contributed by atoms with van der Waals surface area (Å²) < 4.78 is 18.7. The largest absolute Gasteiger partial charge is 0.495 e. The van der Waals surface area contributed by atoms with Crippen LogP contribution in [-0.2, 0) is 4.79 Å². The van der Waals surface area contributed by atoms with E-state index in [1.54, 1.807) is 24.3 Å². The van der Waals surface area contributed by atoms with Crippen LogP contribution in [0.1, 0.15) is 17.5 Å². The molecule has 0 aliphatic carbocycles. The number of hydrogen-bond acceptors (Lipinski definition) is 5. The molecule has 0 spiro atoms. The molecule has 3 aromatic rings. The fourth-order valence-corrected chi connectivity index (χ4v) is 4.24. The highest BCUT2D eigenvalue weighted by molar-refractivity contribution is 8.14. The number of thioether (sulfide) groups is 1. The maximum atomic E-state index is 13.4. The van der Waals surface area contributed by atoms with E-state index in [2.05, 4.69) is 5.32 Å². The third-order valence-electron chi connectivity index (χ3n) is 5.00. The van der Waals surface area contributed by atoms with Crippen molar-refractivity contribution in [3.63, 3.8) is 0 Å². The van der Waals surface area contributed by atoms with Gasteiger partial charge < -0.3 is 10.1 Å². The number of aliphatic imine (C=N–C) groups is 2. The third kappa shape index (κ3) is 5.61. The molecule has 0 aromatic heterocycles. The number of nitrogens with zero attached hydrogens (tertiary/aromatic N) is 2. The summed E-state index contributed by atoms with van der Waals surface area (Å²) in [5, 5.41) is 4.20. The van der Waals surface area contributed by atoms with Crippen LogP contribution in [0.5, 0.6) is 5.75 Å². The van der Waals surface area contributed by atoms with Gasteiger partial charge in [-0.2, -0.15) is 0 Å². The summed E-state index contributed by atoms with van der Waals surface area (Å²) in [7, 11) is 1.53. The van der Waals surface area contributed by atoms with E-state index < -0.39 is 0 Å². The predicted molar refractivity (Wildman–Crippen MR) is 135 cm³/mol. The molecule has 0 radical (unpaired) electrons. The van der Waals surface area contributed by atoms with Crippen molar-refractivity contribution in [2.45, 2.75) is 13.3 Å². The van der Waals surface area contributed by atoms with E-state index in [0.29, 0.717) is 22.9 Å². The Balaban J connectivity index is 1.52. The van der Waals surface area contributed by atoms with Gasteiger partial charge in [-0.25, -0.2) is 9.38 Å². The van der Waals surface area contributed by atoms with E-state index in [0.717, 1.165) is 33.3 Å². The number of carbonyl (C=O) groups is 1. The van der Waals surface area contributed by atoms with Crippen molar-refractivity contribution in [2.24, 2.45) is 9.98 Å². The van der Waals surface area contributed by atoms with E-state index in [-0.39, 0.29) is 17.5 Å². The number of hydrogen-bond donors (Lipinski definition) is 1. The first-order chi connectivity index (χ1) is 15.9. The maximum Gasteiger partial charge on any atom is 0.234 e. The summed E-state index contributed by atoms with van der Waals surface area (Å²) in [5.41, 5.74) is 4.44. The second-order valence-corrected chi connectivity index (χ2v) is 8.83. The molecule has 33 heavy (non-hydrogen) atoms. The fraction of sp³-hybridized carbons (Fsp3) is 0.160. The molecule has 0 unspecified atom stereocenters. The molecule has 3 aromatic carbocycles. The molecule has 1 aliphatic heterocycles. The lowest BCUT2D eigenvalue weighted by molar-refractivity contribution is -0.113.